The van der Waals surface area contributed by atoms with Crippen LogP contribution in [-0.4, -0.2) is 33.9 Å². The molecule has 0 aliphatic rings. The van der Waals surface area contributed by atoms with Gasteiger partial charge in [0.05, 0.1) is 33.5 Å². The van der Waals surface area contributed by atoms with E-state index in [1.807, 2.05) is 12.1 Å². The summed E-state index contributed by atoms with van der Waals surface area (Å²) in [5.41, 5.74) is 1.71. The summed E-state index contributed by atoms with van der Waals surface area (Å²) in [5.74, 6) is 2.04. The summed E-state index contributed by atoms with van der Waals surface area (Å²) in [6, 6.07) is 13.0. The topological polar surface area (TPSA) is 54.0 Å². The maximum atomic E-state index is 11.4. The minimum atomic E-state index is -0.339. The van der Waals surface area contributed by atoms with Crippen LogP contribution in [0.2, 0.25) is 0 Å². The van der Waals surface area contributed by atoms with E-state index >= 15 is 0 Å². The van der Waals surface area contributed by atoms with Crippen molar-refractivity contribution >= 4 is 5.97 Å². The fraction of sp³-hybridized carbons (Fsp3) is 0.409. The number of unbranched alkanes of at least 4 members (excludes halogenated alkanes) is 3. The zero-order chi connectivity index (χ0) is 19.5. The Bertz CT molecular complexity index is 709. The molecule has 0 saturated carbocycles. The molecule has 2 rings (SSSR count). The highest BCUT2D eigenvalue weighted by atomic mass is 16.5. The molecule has 146 valence electrons. The van der Waals surface area contributed by atoms with Gasteiger partial charge in [0.1, 0.15) is 5.75 Å². The number of hydrogen-bond donors (Lipinski definition) is 0. The summed E-state index contributed by atoms with van der Waals surface area (Å²) in [6.07, 6.45) is 5.29. The zero-order valence-corrected chi connectivity index (χ0v) is 16.3. The van der Waals surface area contributed by atoms with Gasteiger partial charge < -0.3 is 18.9 Å². The summed E-state index contributed by atoms with van der Waals surface area (Å²) in [5, 5.41) is 0. The molecule has 5 nitrogen and oxygen atoms in total. The van der Waals surface area contributed by atoms with E-state index in [4.69, 9.17) is 14.2 Å². The second-order valence-electron chi connectivity index (χ2n) is 6.18. The summed E-state index contributed by atoms with van der Waals surface area (Å²) in [6.45, 7) is 0.667. The highest BCUT2D eigenvalue weighted by Crippen LogP contribution is 2.31. The Morgan fingerprint density at radius 1 is 0.852 bits per heavy atom. The maximum Gasteiger partial charge on any atom is 0.337 e. The van der Waals surface area contributed by atoms with Crippen LogP contribution in [-0.2, 0) is 11.2 Å². The largest absolute Gasteiger partial charge is 0.494 e. The summed E-state index contributed by atoms with van der Waals surface area (Å²) in [7, 11) is 4.71. The van der Waals surface area contributed by atoms with Crippen LogP contribution < -0.4 is 14.2 Å². The van der Waals surface area contributed by atoms with Crippen LogP contribution in [0, 0.1) is 0 Å². The van der Waals surface area contributed by atoms with Crippen LogP contribution in [0.4, 0.5) is 0 Å². The van der Waals surface area contributed by atoms with Crippen LogP contribution in [0.5, 0.6) is 17.2 Å². The number of hydrogen-bond acceptors (Lipinski definition) is 5. The van der Waals surface area contributed by atoms with Crippen molar-refractivity contribution in [2.24, 2.45) is 0 Å². The van der Waals surface area contributed by atoms with Gasteiger partial charge in [0.15, 0.2) is 11.5 Å². The van der Waals surface area contributed by atoms with Gasteiger partial charge in [0.2, 0.25) is 0 Å². The molecule has 0 heterocycles. The molecule has 0 bridgehead atoms. The third-order valence-corrected chi connectivity index (χ3v) is 4.37. The van der Waals surface area contributed by atoms with E-state index in [-0.39, 0.29) is 5.97 Å². The Kier molecular flexibility index (Phi) is 8.49. The van der Waals surface area contributed by atoms with Gasteiger partial charge in [-0.2, -0.15) is 0 Å². The van der Waals surface area contributed by atoms with Crippen LogP contribution in [0.3, 0.4) is 0 Å². The molecule has 0 aliphatic carbocycles. The first kappa shape index (κ1) is 20.6. The predicted molar refractivity (Wildman–Crippen MR) is 105 cm³/mol. The van der Waals surface area contributed by atoms with Crippen LogP contribution >= 0.6 is 0 Å². The van der Waals surface area contributed by atoms with E-state index in [0.717, 1.165) is 49.4 Å². The fourth-order valence-electron chi connectivity index (χ4n) is 2.92. The van der Waals surface area contributed by atoms with Crippen molar-refractivity contribution in [2.75, 3.05) is 27.9 Å². The number of methoxy groups -OCH3 is 3. The summed E-state index contributed by atoms with van der Waals surface area (Å²) < 4.78 is 21.2. The Hall–Kier alpha value is -2.69. The van der Waals surface area contributed by atoms with Crippen molar-refractivity contribution in [2.45, 2.75) is 32.1 Å². The van der Waals surface area contributed by atoms with Crippen molar-refractivity contribution < 1.29 is 23.7 Å². The van der Waals surface area contributed by atoms with Gasteiger partial charge in [0, 0.05) is 0 Å². The van der Waals surface area contributed by atoms with Gasteiger partial charge in [-0.1, -0.05) is 25.0 Å². The van der Waals surface area contributed by atoms with E-state index in [1.165, 1.54) is 12.7 Å². The third-order valence-electron chi connectivity index (χ3n) is 4.37. The van der Waals surface area contributed by atoms with Crippen molar-refractivity contribution in [3.8, 4) is 17.2 Å². The smallest absolute Gasteiger partial charge is 0.337 e. The van der Waals surface area contributed by atoms with Gasteiger partial charge in [-0.15, -0.1) is 0 Å². The number of rotatable bonds is 11. The van der Waals surface area contributed by atoms with E-state index in [2.05, 4.69) is 10.8 Å². The lowest BCUT2D eigenvalue weighted by atomic mass is 10.0. The lowest BCUT2D eigenvalue weighted by Gasteiger charge is -2.12. The number of para-hydroxylation sites is 1. The van der Waals surface area contributed by atoms with Crippen molar-refractivity contribution in [3.05, 3.63) is 53.6 Å². The molecule has 0 radical (unpaired) electrons. The first-order valence-electron chi connectivity index (χ1n) is 9.20. The Labute approximate surface area is 161 Å². The molecule has 2 aromatic rings. The van der Waals surface area contributed by atoms with Gasteiger partial charge >= 0.3 is 5.97 Å². The molecule has 0 saturated heterocycles. The van der Waals surface area contributed by atoms with Crippen molar-refractivity contribution in [1.29, 1.82) is 0 Å². The monoisotopic (exact) mass is 372 g/mol. The van der Waals surface area contributed by atoms with E-state index in [0.29, 0.717) is 12.2 Å². The SMILES string of the molecule is COC(=O)c1ccc(OCCCCCCc2cccc(OC)c2OC)cc1. The first-order chi connectivity index (χ1) is 13.2. The van der Waals surface area contributed by atoms with Gasteiger partial charge in [-0.25, -0.2) is 4.79 Å². The second-order valence-corrected chi connectivity index (χ2v) is 6.18. The molecule has 27 heavy (non-hydrogen) atoms. The molecule has 5 heteroatoms. The van der Waals surface area contributed by atoms with Crippen LogP contribution in [0.15, 0.2) is 42.5 Å². The standard InChI is InChI=1S/C22H28O5/c1-24-20-11-8-10-17(21(20)25-2)9-6-4-5-7-16-27-19-14-12-18(13-15-19)22(23)26-3/h8,10-15H,4-7,9,16H2,1-3H3. The molecular formula is C22H28O5. The Morgan fingerprint density at radius 2 is 1.59 bits per heavy atom. The zero-order valence-electron chi connectivity index (χ0n) is 16.3. The Morgan fingerprint density at radius 3 is 2.26 bits per heavy atom. The molecule has 2 aromatic carbocycles. The average Bonchev–Trinajstić information content (AvgIpc) is 2.72. The molecule has 0 unspecified atom stereocenters. The summed E-state index contributed by atoms with van der Waals surface area (Å²) >= 11 is 0. The van der Waals surface area contributed by atoms with Crippen LogP contribution in [0.1, 0.15) is 41.6 Å². The quantitative estimate of drug-likeness (QED) is 0.424. The average molecular weight is 372 g/mol. The minimum absolute atomic E-state index is 0.339. The number of carbonyl (C=O) groups excluding carboxylic acids is 1. The second kappa shape index (κ2) is 11.1. The molecule has 0 atom stereocenters. The van der Waals surface area contributed by atoms with Crippen molar-refractivity contribution in [1.82, 2.24) is 0 Å². The van der Waals surface area contributed by atoms with Crippen LogP contribution in [0.25, 0.3) is 0 Å². The van der Waals surface area contributed by atoms with E-state index in [9.17, 15) is 4.79 Å². The van der Waals surface area contributed by atoms with E-state index < -0.39 is 0 Å². The lowest BCUT2D eigenvalue weighted by molar-refractivity contribution is 0.0600. The predicted octanol–water partition coefficient (Wildman–Crippen LogP) is 4.67. The van der Waals surface area contributed by atoms with Gasteiger partial charge in [0.25, 0.3) is 0 Å². The maximum absolute atomic E-state index is 11.4. The highest BCUT2D eigenvalue weighted by Gasteiger charge is 2.09. The van der Waals surface area contributed by atoms with Gasteiger partial charge in [-0.05, 0) is 55.2 Å². The molecule has 0 amide bonds. The normalized spacial score (nSPS) is 10.3. The van der Waals surface area contributed by atoms with E-state index in [1.54, 1.807) is 38.5 Å². The molecule has 0 aliphatic heterocycles. The number of esters is 1. The Balaban J connectivity index is 1.65. The molecular weight excluding hydrogens is 344 g/mol. The minimum Gasteiger partial charge on any atom is -0.494 e. The van der Waals surface area contributed by atoms with Gasteiger partial charge in [-0.3, -0.25) is 0 Å². The molecule has 0 spiro atoms. The number of carbonyl (C=O) groups is 1. The molecule has 0 fully saturated rings. The lowest BCUT2D eigenvalue weighted by Crippen LogP contribution is -2.02. The molecule has 0 aromatic heterocycles. The summed E-state index contributed by atoms with van der Waals surface area (Å²) in [4.78, 5) is 11.4. The number of benzene rings is 2. The highest BCUT2D eigenvalue weighted by molar-refractivity contribution is 5.89. The first-order valence-corrected chi connectivity index (χ1v) is 9.20. The molecule has 0 N–H and O–H groups in total. The number of ether oxygens (including phenoxy) is 4. The third kappa shape index (κ3) is 6.20. The van der Waals surface area contributed by atoms with Crippen molar-refractivity contribution in [3.63, 3.8) is 0 Å². The fourth-order valence-corrected chi connectivity index (χ4v) is 2.92. The number of aryl methyl sites for hydroxylation is 1.